The molecule has 5 nitrogen and oxygen atoms in total. The normalized spacial score (nSPS) is 30.8. The Morgan fingerprint density at radius 2 is 1.91 bits per heavy atom. The van der Waals surface area contributed by atoms with Gasteiger partial charge in [0.25, 0.3) is 0 Å². The van der Waals surface area contributed by atoms with Crippen molar-refractivity contribution in [2.24, 2.45) is 17.6 Å². The number of ether oxygens (including phenoxy) is 1. The molecule has 2 aliphatic rings. The molecule has 0 spiro atoms. The molecule has 2 rings (SSSR count). The van der Waals surface area contributed by atoms with E-state index in [0.717, 1.165) is 45.1 Å². The highest BCUT2D eigenvalue weighted by atomic mass is 16.6. The molecule has 1 amide bonds. The summed E-state index contributed by atoms with van der Waals surface area (Å²) < 4.78 is 5.52. The van der Waals surface area contributed by atoms with Crippen LogP contribution < -0.4 is 5.73 Å². The molecule has 0 aromatic rings. The van der Waals surface area contributed by atoms with Crippen LogP contribution in [0, 0.1) is 11.8 Å². The molecular weight excluding hydrogens is 290 g/mol. The second-order valence-electron chi connectivity index (χ2n) is 8.34. The molecule has 1 saturated heterocycles. The molecule has 1 heterocycles. The van der Waals surface area contributed by atoms with Crippen molar-refractivity contribution in [3.8, 4) is 0 Å². The summed E-state index contributed by atoms with van der Waals surface area (Å²) in [5, 5.41) is 0. The van der Waals surface area contributed by atoms with Crippen LogP contribution in [-0.4, -0.2) is 60.3 Å². The van der Waals surface area contributed by atoms with E-state index in [2.05, 4.69) is 11.8 Å². The maximum atomic E-state index is 12.3. The van der Waals surface area contributed by atoms with Crippen molar-refractivity contribution in [1.29, 1.82) is 0 Å². The third kappa shape index (κ3) is 5.35. The van der Waals surface area contributed by atoms with E-state index in [1.807, 2.05) is 25.7 Å². The Bertz CT molecular complexity index is 394. The smallest absolute Gasteiger partial charge is 0.410 e. The minimum atomic E-state index is -0.424. The lowest BCUT2D eigenvalue weighted by molar-refractivity contribution is 0.0247. The van der Waals surface area contributed by atoms with Gasteiger partial charge < -0.3 is 15.4 Å². The Morgan fingerprint density at radius 3 is 2.57 bits per heavy atom. The predicted molar refractivity (Wildman–Crippen MR) is 93.3 cm³/mol. The topological polar surface area (TPSA) is 58.8 Å². The monoisotopic (exact) mass is 325 g/mol. The lowest BCUT2D eigenvalue weighted by Gasteiger charge is -2.41. The van der Waals surface area contributed by atoms with Crippen molar-refractivity contribution in [1.82, 2.24) is 9.80 Å². The number of amides is 1. The van der Waals surface area contributed by atoms with Crippen molar-refractivity contribution >= 4 is 6.09 Å². The molecule has 1 aliphatic carbocycles. The van der Waals surface area contributed by atoms with Gasteiger partial charge in [0.05, 0.1) is 0 Å². The lowest BCUT2D eigenvalue weighted by Crippen LogP contribution is -2.48. The van der Waals surface area contributed by atoms with E-state index in [-0.39, 0.29) is 6.09 Å². The van der Waals surface area contributed by atoms with Gasteiger partial charge in [0.15, 0.2) is 0 Å². The summed E-state index contributed by atoms with van der Waals surface area (Å²) in [7, 11) is 0. The summed E-state index contributed by atoms with van der Waals surface area (Å²) in [6, 6.07) is 0.585. The van der Waals surface area contributed by atoms with Crippen LogP contribution in [0.2, 0.25) is 0 Å². The van der Waals surface area contributed by atoms with Gasteiger partial charge in [0.2, 0.25) is 0 Å². The lowest BCUT2D eigenvalue weighted by atomic mass is 9.78. The van der Waals surface area contributed by atoms with E-state index >= 15 is 0 Å². The first-order valence-electron chi connectivity index (χ1n) is 9.22. The number of nitrogens with zero attached hydrogens (tertiary/aromatic N) is 2. The molecule has 0 bridgehead atoms. The number of hydrogen-bond donors (Lipinski definition) is 1. The Hall–Kier alpha value is -0.810. The van der Waals surface area contributed by atoms with Crippen LogP contribution in [0.4, 0.5) is 4.79 Å². The fourth-order valence-corrected chi connectivity index (χ4v) is 3.91. The van der Waals surface area contributed by atoms with Gasteiger partial charge in [-0.15, -0.1) is 0 Å². The van der Waals surface area contributed by atoms with Crippen molar-refractivity contribution < 1.29 is 9.53 Å². The molecule has 1 saturated carbocycles. The molecule has 2 N–H and O–H groups in total. The zero-order valence-corrected chi connectivity index (χ0v) is 15.4. The van der Waals surface area contributed by atoms with E-state index in [4.69, 9.17) is 10.5 Å². The summed E-state index contributed by atoms with van der Waals surface area (Å²) in [5.41, 5.74) is 5.59. The van der Waals surface area contributed by atoms with Gasteiger partial charge in [-0.3, -0.25) is 4.90 Å². The van der Waals surface area contributed by atoms with Crippen LogP contribution in [0.5, 0.6) is 0 Å². The molecule has 2 fully saturated rings. The van der Waals surface area contributed by atoms with E-state index in [1.165, 1.54) is 19.3 Å². The van der Waals surface area contributed by atoms with Gasteiger partial charge in [-0.25, -0.2) is 4.79 Å². The average molecular weight is 325 g/mol. The van der Waals surface area contributed by atoms with E-state index in [9.17, 15) is 4.79 Å². The van der Waals surface area contributed by atoms with E-state index < -0.39 is 5.60 Å². The zero-order chi connectivity index (χ0) is 17.0. The molecule has 3 unspecified atom stereocenters. The Labute approximate surface area is 141 Å². The first kappa shape index (κ1) is 18.5. The van der Waals surface area contributed by atoms with Gasteiger partial charge >= 0.3 is 6.09 Å². The summed E-state index contributed by atoms with van der Waals surface area (Å²) in [5.74, 6) is 1.40. The highest BCUT2D eigenvalue weighted by Gasteiger charge is 2.33. The summed E-state index contributed by atoms with van der Waals surface area (Å²) in [4.78, 5) is 16.7. The molecule has 0 aromatic carbocycles. The number of carbonyl (C=O) groups is 1. The summed E-state index contributed by atoms with van der Waals surface area (Å²) in [6.07, 6.45) is 4.63. The van der Waals surface area contributed by atoms with Crippen LogP contribution >= 0.6 is 0 Å². The van der Waals surface area contributed by atoms with Crippen LogP contribution in [0.3, 0.4) is 0 Å². The molecular formula is C18H35N3O2. The molecule has 0 radical (unpaired) electrons. The number of carbonyl (C=O) groups excluding carboxylic acids is 1. The molecule has 1 aliphatic heterocycles. The number of nitrogens with two attached hydrogens (primary N) is 1. The molecule has 5 heteroatoms. The van der Waals surface area contributed by atoms with Crippen molar-refractivity contribution in [3.63, 3.8) is 0 Å². The maximum absolute atomic E-state index is 12.3. The molecule has 134 valence electrons. The number of hydrogen-bond acceptors (Lipinski definition) is 4. The molecule has 23 heavy (non-hydrogen) atoms. The summed E-state index contributed by atoms with van der Waals surface area (Å²) in [6.45, 7) is 12.4. The third-order valence-corrected chi connectivity index (χ3v) is 5.17. The Balaban J connectivity index is 1.93. The SMILES string of the molecule is CC1CCC(CN)C(N2CCCN(C(=O)OC(C)(C)C)CC2)C1. The highest BCUT2D eigenvalue weighted by Crippen LogP contribution is 2.32. The van der Waals surface area contributed by atoms with E-state index in [1.54, 1.807) is 0 Å². The van der Waals surface area contributed by atoms with Gasteiger partial charge in [0.1, 0.15) is 5.60 Å². The Morgan fingerprint density at radius 1 is 1.17 bits per heavy atom. The number of rotatable bonds is 2. The third-order valence-electron chi connectivity index (χ3n) is 5.17. The van der Waals surface area contributed by atoms with Crippen molar-refractivity contribution in [2.45, 2.75) is 65.0 Å². The highest BCUT2D eigenvalue weighted by molar-refractivity contribution is 5.68. The second kappa shape index (κ2) is 7.84. The largest absolute Gasteiger partial charge is 0.444 e. The average Bonchev–Trinajstić information content (AvgIpc) is 2.71. The minimum Gasteiger partial charge on any atom is -0.444 e. The minimum absolute atomic E-state index is 0.174. The molecule has 0 aromatic heterocycles. The summed E-state index contributed by atoms with van der Waals surface area (Å²) >= 11 is 0. The van der Waals surface area contributed by atoms with Crippen LogP contribution in [0.15, 0.2) is 0 Å². The fraction of sp³-hybridized carbons (Fsp3) is 0.944. The first-order chi connectivity index (χ1) is 10.8. The van der Waals surface area contributed by atoms with Gasteiger partial charge in [-0.2, -0.15) is 0 Å². The molecule has 3 atom stereocenters. The second-order valence-corrected chi connectivity index (χ2v) is 8.34. The van der Waals surface area contributed by atoms with Gasteiger partial charge in [-0.1, -0.05) is 13.3 Å². The van der Waals surface area contributed by atoms with Gasteiger partial charge in [-0.05, 0) is 58.4 Å². The van der Waals surface area contributed by atoms with Crippen LogP contribution in [0.25, 0.3) is 0 Å². The van der Waals surface area contributed by atoms with E-state index in [0.29, 0.717) is 12.0 Å². The Kier molecular flexibility index (Phi) is 6.32. The van der Waals surface area contributed by atoms with Crippen LogP contribution in [0.1, 0.15) is 53.4 Å². The van der Waals surface area contributed by atoms with Gasteiger partial charge in [0, 0.05) is 32.2 Å². The van der Waals surface area contributed by atoms with Crippen molar-refractivity contribution in [3.05, 3.63) is 0 Å². The standard InChI is InChI=1S/C18H35N3O2/c1-14-6-7-15(13-19)16(12-14)20-8-5-9-21(11-10-20)17(22)23-18(2,3)4/h14-16H,5-13,19H2,1-4H3. The first-order valence-corrected chi connectivity index (χ1v) is 9.22. The quantitative estimate of drug-likeness (QED) is 0.848. The predicted octanol–water partition coefficient (Wildman–Crippen LogP) is 2.69. The van der Waals surface area contributed by atoms with Crippen molar-refractivity contribution in [2.75, 3.05) is 32.7 Å². The zero-order valence-electron chi connectivity index (χ0n) is 15.4. The van der Waals surface area contributed by atoms with Crippen LogP contribution in [-0.2, 0) is 4.74 Å². The maximum Gasteiger partial charge on any atom is 0.410 e. The fourth-order valence-electron chi connectivity index (χ4n) is 3.91.